The second kappa shape index (κ2) is 9.68. The third-order valence-corrected chi connectivity index (χ3v) is 4.34. The predicted octanol–water partition coefficient (Wildman–Crippen LogP) is 3.08. The lowest BCUT2D eigenvalue weighted by atomic mass is 10.2. The van der Waals surface area contributed by atoms with Gasteiger partial charge in [-0.2, -0.15) is 22.0 Å². The lowest BCUT2D eigenvalue weighted by Gasteiger charge is -2.19. The fraction of sp³-hybridized carbons (Fsp3) is 1.00. The van der Waals surface area contributed by atoms with E-state index in [1.54, 1.807) is 7.11 Å². The zero-order chi connectivity index (χ0) is 16.5. The van der Waals surface area contributed by atoms with Crippen LogP contribution >= 0.6 is 0 Å². The van der Waals surface area contributed by atoms with Crippen molar-refractivity contribution in [1.29, 1.82) is 0 Å². The summed E-state index contributed by atoms with van der Waals surface area (Å²) in [4.78, 5) is 0. The summed E-state index contributed by atoms with van der Waals surface area (Å²) in [6.07, 6.45) is -6.05. The normalized spacial score (nSPS) is 16.0. The van der Waals surface area contributed by atoms with Crippen LogP contribution in [0.3, 0.4) is 0 Å². The van der Waals surface area contributed by atoms with Crippen LogP contribution in [0.15, 0.2) is 0 Å². The van der Waals surface area contributed by atoms with Gasteiger partial charge in [0.05, 0.1) is 0 Å². The minimum Gasteiger partial charge on any atom is -0.367 e. The van der Waals surface area contributed by atoms with Gasteiger partial charge in [-0.1, -0.05) is 6.92 Å². The van der Waals surface area contributed by atoms with Crippen LogP contribution in [0.25, 0.3) is 0 Å². The molecule has 2 unspecified atom stereocenters. The van der Waals surface area contributed by atoms with Crippen molar-refractivity contribution in [3.05, 3.63) is 0 Å². The Labute approximate surface area is 124 Å². The van der Waals surface area contributed by atoms with E-state index >= 15 is 0 Å². The van der Waals surface area contributed by atoms with Crippen LogP contribution in [0, 0.1) is 0 Å². The van der Waals surface area contributed by atoms with E-state index in [4.69, 9.17) is 4.74 Å². The molecule has 128 valence electrons. The summed E-state index contributed by atoms with van der Waals surface area (Å²) in [5.74, 6) is -4.58. The summed E-state index contributed by atoms with van der Waals surface area (Å²) in [5.41, 5.74) is 0. The SMILES string of the molecule is CCC(NCCCS(=O)CCCC(F)(F)C(F)(F)F)OC. The van der Waals surface area contributed by atoms with Crippen LogP contribution in [0.5, 0.6) is 0 Å². The molecular weight excluding hydrogens is 317 g/mol. The number of hydrogen-bond acceptors (Lipinski definition) is 3. The summed E-state index contributed by atoms with van der Waals surface area (Å²) in [5, 5.41) is 3.05. The van der Waals surface area contributed by atoms with E-state index < -0.39 is 35.7 Å². The fourth-order valence-corrected chi connectivity index (χ4v) is 2.73. The van der Waals surface area contributed by atoms with Crippen LogP contribution in [0.4, 0.5) is 22.0 Å². The van der Waals surface area contributed by atoms with E-state index in [2.05, 4.69) is 5.32 Å². The van der Waals surface area contributed by atoms with E-state index in [1.807, 2.05) is 6.92 Å². The first kappa shape index (κ1) is 20.7. The third kappa shape index (κ3) is 8.67. The predicted molar refractivity (Wildman–Crippen MR) is 71.8 cm³/mol. The zero-order valence-electron chi connectivity index (χ0n) is 12.1. The molecule has 1 N–H and O–H groups in total. The van der Waals surface area contributed by atoms with Crippen molar-refractivity contribution in [2.75, 3.05) is 25.2 Å². The quantitative estimate of drug-likeness (QED) is 0.357. The molecule has 0 bridgehead atoms. The third-order valence-electron chi connectivity index (χ3n) is 2.85. The van der Waals surface area contributed by atoms with Crippen molar-refractivity contribution in [2.45, 2.75) is 50.9 Å². The van der Waals surface area contributed by atoms with Gasteiger partial charge in [-0.05, 0) is 25.8 Å². The molecular formula is C12H22F5NO2S. The molecule has 0 radical (unpaired) electrons. The van der Waals surface area contributed by atoms with Gasteiger partial charge in [-0.15, -0.1) is 0 Å². The minimum absolute atomic E-state index is 0.0936. The Balaban J connectivity index is 3.78. The van der Waals surface area contributed by atoms with Crippen molar-refractivity contribution < 1.29 is 30.9 Å². The van der Waals surface area contributed by atoms with Crippen LogP contribution < -0.4 is 5.32 Å². The topological polar surface area (TPSA) is 38.3 Å². The van der Waals surface area contributed by atoms with Gasteiger partial charge in [-0.3, -0.25) is 9.53 Å². The highest BCUT2D eigenvalue weighted by Crippen LogP contribution is 2.38. The molecule has 0 amide bonds. The fourth-order valence-electron chi connectivity index (χ4n) is 1.59. The molecule has 21 heavy (non-hydrogen) atoms. The Hall–Kier alpha value is -0.280. The van der Waals surface area contributed by atoms with Gasteiger partial charge in [0.2, 0.25) is 0 Å². The summed E-state index contributed by atoms with van der Waals surface area (Å²) in [7, 11) is 0.174. The molecule has 0 aromatic heterocycles. The highest BCUT2D eigenvalue weighted by molar-refractivity contribution is 7.84. The van der Waals surface area contributed by atoms with Crippen LogP contribution in [-0.4, -0.2) is 47.7 Å². The molecule has 0 saturated carbocycles. The maximum Gasteiger partial charge on any atom is 0.453 e. The standard InChI is InChI=1S/C12H22F5NO2S/c1-3-10(20-2)18-7-5-9-21(19)8-4-6-11(13,14)12(15,16)17/h10,18H,3-9H2,1-2H3. The molecule has 0 aromatic carbocycles. The van der Waals surface area contributed by atoms with E-state index in [9.17, 15) is 26.2 Å². The first-order valence-electron chi connectivity index (χ1n) is 6.69. The van der Waals surface area contributed by atoms with Crippen LogP contribution in [0.2, 0.25) is 0 Å². The van der Waals surface area contributed by atoms with Gasteiger partial charge in [0.1, 0.15) is 6.23 Å². The lowest BCUT2D eigenvalue weighted by Crippen LogP contribution is -2.36. The van der Waals surface area contributed by atoms with Gasteiger partial charge < -0.3 is 4.74 Å². The van der Waals surface area contributed by atoms with Crippen molar-refractivity contribution in [3.63, 3.8) is 0 Å². The second-order valence-corrected chi connectivity index (χ2v) is 6.29. The number of nitrogens with one attached hydrogen (secondary N) is 1. The van der Waals surface area contributed by atoms with E-state index in [0.717, 1.165) is 6.42 Å². The molecule has 0 aliphatic carbocycles. The Kier molecular flexibility index (Phi) is 9.55. The summed E-state index contributed by atoms with van der Waals surface area (Å²) < 4.78 is 77.5. The minimum atomic E-state index is -5.53. The summed E-state index contributed by atoms with van der Waals surface area (Å²) >= 11 is 0. The number of ether oxygens (including phenoxy) is 1. The lowest BCUT2D eigenvalue weighted by molar-refractivity contribution is -0.284. The molecule has 0 rings (SSSR count). The number of alkyl halides is 5. The van der Waals surface area contributed by atoms with E-state index in [0.29, 0.717) is 13.0 Å². The molecule has 0 spiro atoms. The Morgan fingerprint density at radius 1 is 1.14 bits per heavy atom. The molecule has 0 aliphatic rings. The molecule has 0 aliphatic heterocycles. The summed E-state index contributed by atoms with van der Waals surface area (Å²) in [6, 6.07) is 0. The molecule has 0 heterocycles. The highest BCUT2D eigenvalue weighted by atomic mass is 32.2. The van der Waals surface area contributed by atoms with Crippen molar-refractivity contribution in [3.8, 4) is 0 Å². The largest absolute Gasteiger partial charge is 0.453 e. The van der Waals surface area contributed by atoms with Gasteiger partial charge in [-0.25, -0.2) is 0 Å². The van der Waals surface area contributed by atoms with Crippen molar-refractivity contribution in [2.24, 2.45) is 0 Å². The maximum absolute atomic E-state index is 12.6. The van der Waals surface area contributed by atoms with E-state index in [1.165, 1.54) is 0 Å². The first-order valence-corrected chi connectivity index (χ1v) is 8.18. The molecule has 0 fully saturated rings. The Morgan fingerprint density at radius 2 is 1.71 bits per heavy atom. The molecule has 3 nitrogen and oxygen atoms in total. The first-order chi connectivity index (χ1) is 9.64. The average molecular weight is 339 g/mol. The number of hydrogen-bond donors (Lipinski definition) is 1. The van der Waals surface area contributed by atoms with Gasteiger partial charge >= 0.3 is 12.1 Å². The van der Waals surface area contributed by atoms with Gasteiger partial charge in [0.25, 0.3) is 0 Å². The zero-order valence-corrected chi connectivity index (χ0v) is 13.0. The van der Waals surface area contributed by atoms with Crippen molar-refractivity contribution >= 4 is 10.8 Å². The smallest absolute Gasteiger partial charge is 0.367 e. The van der Waals surface area contributed by atoms with Crippen molar-refractivity contribution in [1.82, 2.24) is 5.32 Å². The highest BCUT2D eigenvalue weighted by Gasteiger charge is 2.56. The average Bonchev–Trinajstić information content (AvgIpc) is 2.37. The number of halogens is 5. The van der Waals surface area contributed by atoms with Crippen LogP contribution in [-0.2, 0) is 15.5 Å². The molecule has 9 heteroatoms. The molecule has 2 atom stereocenters. The number of rotatable bonds is 11. The second-order valence-electron chi connectivity index (χ2n) is 4.59. The summed E-state index contributed by atoms with van der Waals surface area (Å²) in [6.45, 7) is 2.48. The Morgan fingerprint density at radius 3 is 2.19 bits per heavy atom. The monoisotopic (exact) mass is 339 g/mol. The molecule has 0 saturated heterocycles. The number of methoxy groups -OCH3 is 1. The van der Waals surface area contributed by atoms with Crippen LogP contribution in [0.1, 0.15) is 32.6 Å². The van der Waals surface area contributed by atoms with Gasteiger partial charge in [0, 0.05) is 35.8 Å². The maximum atomic E-state index is 12.6. The molecule has 0 aromatic rings. The van der Waals surface area contributed by atoms with E-state index in [-0.39, 0.29) is 17.7 Å². The Bertz CT molecular complexity index is 309. The van der Waals surface area contributed by atoms with Gasteiger partial charge in [0.15, 0.2) is 0 Å².